The second-order valence-electron chi connectivity index (χ2n) is 14.7. The number of aryl methyl sites for hydroxylation is 1. The predicted octanol–water partition coefficient (Wildman–Crippen LogP) is 7.47. The fourth-order valence-electron chi connectivity index (χ4n) is 8.31. The SMILES string of the molecule is Cn1cc(-c2ccc(CN3CCC(C4CCN(c5ccc(NC6CCC(=O)NC6=O)cc5C(F)(F)F)CC4)CC3)c(OC(F)(F)F)c2)c2ccccc2c1=O. The van der Waals surface area contributed by atoms with Crippen LogP contribution in [0.3, 0.4) is 0 Å². The zero-order valence-corrected chi connectivity index (χ0v) is 30.1. The number of likely N-dealkylation sites (tertiary alicyclic amines) is 1. The molecule has 2 N–H and O–H groups in total. The van der Waals surface area contributed by atoms with Crippen molar-refractivity contribution >= 4 is 34.0 Å². The van der Waals surface area contributed by atoms with Crippen LogP contribution < -0.4 is 25.8 Å². The van der Waals surface area contributed by atoms with E-state index in [1.807, 2.05) is 0 Å². The number of ether oxygens (including phenoxy) is 1. The zero-order valence-electron chi connectivity index (χ0n) is 30.1. The minimum absolute atomic E-state index is 0.0852. The van der Waals surface area contributed by atoms with Crippen molar-refractivity contribution in [2.75, 3.05) is 36.4 Å². The summed E-state index contributed by atoms with van der Waals surface area (Å²) in [5.41, 5.74) is 0.723. The van der Waals surface area contributed by atoms with Gasteiger partial charge >= 0.3 is 12.5 Å². The van der Waals surface area contributed by atoms with Gasteiger partial charge in [0.1, 0.15) is 11.8 Å². The maximum atomic E-state index is 14.3. The van der Waals surface area contributed by atoms with Gasteiger partial charge in [-0.2, -0.15) is 13.2 Å². The molecule has 0 saturated carbocycles. The van der Waals surface area contributed by atoms with Gasteiger partial charge in [-0.25, -0.2) is 0 Å². The number of rotatable bonds is 8. The second kappa shape index (κ2) is 15.2. The molecular weight excluding hydrogens is 728 g/mol. The molecule has 0 radical (unpaired) electrons. The summed E-state index contributed by atoms with van der Waals surface area (Å²) in [5.74, 6) is -0.624. The van der Waals surface area contributed by atoms with Crippen molar-refractivity contribution in [3.8, 4) is 16.9 Å². The van der Waals surface area contributed by atoms with Crippen LogP contribution in [0.25, 0.3) is 21.9 Å². The molecule has 2 amide bonds. The third-order valence-corrected chi connectivity index (χ3v) is 11.1. The van der Waals surface area contributed by atoms with Crippen LogP contribution in [0, 0.1) is 11.8 Å². The van der Waals surface area contributed by atoms with Gasteiger partial charge in [-0.15, -0.1) is 13.2 Å². The molecule has 1 atom stereocenters. The van der Waals surface area contributed by atoms with E-state index in [1.165, 1.54) is 22.8 Å². The van der Waals surface area contributed by atoms with Gasteiger partial charge in [0.2, 0.25) is 11.8 Å². The molecule has 9 nitrogen and oxygen atoms in total. The molecule has 3 saturated heterocycles. The van der Waals surface area contributed by atoms with Crippen LogP contribution in [0.4, 0.5) is 37.7 Å². The smallest absolute Gasteiger partial charge is 0.405 e. The van der Waals surface area contributed by atoms with E-state index in [-0.39, 0.29) is 42.1 Å². The number of imide groups is 1. The first kappa shape index (κ1) is 38.2. The Morgan fingerprint density at radius 2 is 1.49 bits per heavy atom. The minimum Gasteiger partial charge on any atom is -0.405 e. The molecule has 4 heterocycles. The number of anilines is 2. The molecule has 3 aliphatic heterocycles. The summed E-state index contributed by atoms with van der Waals surface area (Å²) in [6.45, 7) is 2.46. The lowest BCUT2D eigenvalue weighted by Gasteiger charge is -2.41. The quantitative estimate of drug-likeness (QED) is 0.142. The molecule has 1 aromatic heterocycles. The van der Waals surface area contributed by atoms with Gasteiger partial charge < -0.3 is 19.5 Å². The Kier molecular flexibility index (Phi) is 10.6. The van der Waals surface area contributed by atoms with Crippen LogP contribution >= 0.6 is 0 Å². The van der Waals surface area contributed by atoms with Crippen LogP contribution in [0.15, 0.2) is 71.7 Å². The maximum Gasteiger partial charge on any atom is 0.573 e. The number of aromatic nitrogens is 1. The number of fused-ring (bicyclic) bond motifs is 1. The van der Waals surface area contributed by atoms with Crippen molar-refractivity contribution in [3.63, 3.8) is 0 Å². The number of carbonyl (C=O) groups is 2. The Bertz CT molecular complexity index is 2140. The number of alkyl halides is 6. The maximum absolute atomic E-state index is 14.3. The number of halogens is 6. The highest BCUT2D eigenvalue weighted by Crippen LogP contribution is 2.42. The van der Waals surface area contributed by atoms with Crippen molar-refractivity contribution < 1.29 is 40.7 Å². The highest BCUT2D eigenvalue weighted by Gasteiger charge is 2.38. The average Bonchev–Trinajstić information content (AvgIpc) is 3.14. The summed E-state index contributed by atoms with van der Waals surface area (Å²) in [7, 11) is 1.60. The molecule has 55 heavy (non-hydrogen) atoms. The number of benzene rings is 3. The molecule has 0 spiro atoms. The standard InChI is InChI=1S/C40H41F6N5O4/c1-49-23-31(29-4-2-3-5-30(29)38(49)54)26-6-7-27(35(20-26)55-40(44,45)46)22-50-16-12-24(13-17-50)25-14-18-51(19-15-25)34-10-8-28(21-32(34)39(41,42)43)47-33-9-11-36(52)48-37(33)53/h2-8,10,20-21,23-25,33,47H,9,11-19,22H2,1H3,(H,48,52,53). The van der Waals surface area contributed by atoms with Crippen LogP contribution in [0.2, 0.25) is 0 Å². The summed E-state index contributed by atoms with van der Waals surface area (Å²) < 4.78 is 89.7. The fourth-order valence-corrected chi connectivity index (χ4v) is 8.31. The highest BCUT2D eigenvalue weighted by atomic mass is 19.4. The number of hydrogen-bond acceptors (Lipinski definition) is 7. The molecule has 4 aromatic rings. The van der Waals surface area contributed by atoms with Gasteiger partial charge in [0.05, 0.1) is 5.56 Å². The number of carbonyl (C=O) groups excluding carboxylic acids is 2. The van der Waals surface area contributed by atoms with E-state index in [0.29, 0.717) is 78.3 Å². The highest BCUT2D eigenvalue weighted by molar-refractivity contribution is 6.01. The van der Waals surface area contributed by atoms with Crippen molar-refractivity contribution in [1.29, 1.82) is 0 Å². The van der Waals surface area contributed by atoms with Crippen LogP contribution in [-0.2, 0) is 29.4 Å². The van der Waals surface area contributed by atoms with Crippen molar-refractivity contribution in [2.45, 2.75) is 63.7 Å². The Balaban J connectivity index is 0.984. The fraction of sp³-hybridized carbons (Fsp3) is 0.425. The molecule has 15 heteroatoms. The lowest BCUT2D eigenvalue weighted by atomic mass is 9.78. The normalized spacial score (nSPS) is 19.5. The first-order valence-corrected chi connectivity index (χ1v) is 18.4. The molecule has 3 fully saturated rings. The van der Waals surface area contributed by atoms with E-state index in [9.17, 15) is 40.7 Å². The summed E-state index contributed by atoms with van der Waals surface area (Å²) >= 11 is 0. The monoisotopic (exact) mass is 769 g/mol. The molecule has 3 aromatic carbocycles. The zero-order chi connectivity index (χ0) is 39.1. The first-order chi connectivity index (χ1) is 26.1. The molecule has 1 unspecified atom stereocenters. The van der Waals surface area contributed by atoms with Crippen LogP contribution in [0.1, 0.15) is 49.7 Å². The molecular formula is C40H41F6N5O4. The summed E-state index contributed by atoms with van der Waals surface area (Å²) in [6, 6.07) is 14.9. The largest absolute Gasteiger partial charge is 0.573 e. The van der Waals surface area contributed by atoms with E-state index in [1.54, 1.807) is 54.5 Å². The second-order valence-corrected chi connectivity index (χ2v) is 14.7. The minimum atomic E-state index is -4.91. The van der Waals surface area contributed by atoms with E-state index in [4.69, 9.17) is 0 Å². The van der Waals surface area contributed by atoms with Crippen LogP contribution in [-0.4, -0.2) is 59.9 Å². The van der Waals surface area contributed by atoms with E-state index in [2.05, 4.69) is 20.3 Å². The van der Waals surface area contributed by atoms with Gasteiger partial charge in [0.25, 0.3) is 5.56 Å². The third-order valence-electron chi connectivity index (χ3n) is 11.1. The number of nitrogens with one attached hydrogen (secondary N) is 2. The topological polar surface area (TPSA) is 95.9 Å². The number of hydrogen-bond donors (Lipinski definition) is 2. The summed E-state index contributed by atoms with van der Waals surface area (Å²) in [6.07, 6.45) is -4.57. The third kappa shape index (κ3) is 8.61. The lowest BCUT2D eigenvalue weighted by molar-refractivity contribution is -0.275. The van der Waals surface area contributed by atoms with E-state index >= 15 is 0 Å². The Morgan fingerprint density at radius 3 is 2.15 bits per heavy atom. The molecule has 7 rings (SSSR count). The number of piperidine rings is 3. The molecule has 292 valence electrons. The summed E-state index contributed by atoms with van der Waals surface area (Å²) in [4.78, 5) is 40.2. The van der Waals surface area contributed by atoms with Gasteiger partial charge in [0, 0.05) is 67.2 Å². The Labute approximate surface area is 313 Å². The van der Waals surface area contributed by atoms with E-state index in [0.717, 1.165) is 18.9 Å². The van der Waals surface area contributed by atoms with Crippen molar-refractivity contribution in [2.24, 2.45) is 18.9 Å². The average molecular weight is 770 g/mol. The Hall–Kier alpha value is -5.05. The summed E-state index contributed by atoms with van der Waals surface area (Å²) in [5, 5.41) is 6.13. The van der Waals surface area contributed by atoms with Crippen molar-refractivity contribution in [3.05, 3.63) is 88.3 Å². The molecule has 0 bridgehead atoms. The number of amides is 2. The lowest BCUT2D eigenvalue weighted by Crippen LogP contribution is -2.47. The van der Waals surface area contributed by atoms with Gasteiger partial charge in [-0.3, -0.25) is 24.6 Å². The predicted molar refractivity (Wildman–Crippen MR) is 195 cm³/mol. The van der Waals surface area contributed by atoms with Crippen LogP contribution in [0.5, 0.6) is 5.75 Å². The van der Waals surface area contributed by atoms with Gasteiger partial charge in [0.15, 0.2) is 0 Å². The molecule has 3 aliphatic rings. The Morgan fingerprint density at radius 1 is 0.818 bits per heavy atom. The molecule has 0 aliphatic carbocycles. The van der Waals surface area contributed by atoms with E-state index < -0.39 is 36.0 Å². The number of pyridine rings is 1. The first-order valence-electron chi connectivity index (χ1n) is 18.4. The van der Waals surface area contributed by atoms with Gasteiger partial charge in [-0.1, -0.05) is 30.3 Å². The number of nitrogens with zero attached hydrogens (tertiary/aromatic N) is 3. The van der Waals surface area contributed by atoms with Gasteiger partial charge in [-0.05, 0) is 98.3 Å². The van der Waals surface area contributed by atoms with Crippen molar-refractivity contribution in [1.82, 2.24) is 14.8 Å².